The molecule has 5 heteroatoms. The zero-order valence-electron chi connectivity index (χ0n) is 7.85. The minimum Gasteiger partial charge on any atom is -0.507 e. The number of carbonyl (C=O) groups excluding carboxylic acids is 1. The number of aliphatic hydroxyl groups excluding tert-OH is 1. The fourth-order valence-corrected chi connectivity index (χ4v) is 1.64. The van der Waals surface area contributed by atoms with E-state index in [2.05, 4.69) is 0 Å². The molecular formula is C10H10ClNO3. The summed E-state index contributed by atoms with van der Waals surface area (Å²) >= 11 is 5.72. The fourth-order valence-electron chi connectivity index (χ4n) is 1.47. The van der Waals surface area contributed by atoms with E-state index >= 15 is 0 Å². The van der Waals surface area contributed by atoms with Crippen LogP contribution < -0.4 is 0 Å². The summed E-state index contributed by atoms with van der Waals surface area (Å²) in [6.07, 6.45) is -0.449. The summed E-state index contributed by atoms with van der Waals surface area (Å²) in [6.45, 7) is 0.621. The Hall–Kier alpha value is -1.26. The van der Waals surface area contributed by atoms with Gasteiger partial charge < -0.3 is 15.1 Å². The van der Waals surface area contributed by atoms with Gasteiger partial charge in [-0.25, -0.2) is 0 Å². The quantitative estimate of drug-likeness (QED) is 0.748. The Balaban J connectivity index is 2.22. The number of halogens is 1. The number of aromatic hydroxyl groups is 1. The van der Waals surface area contributed by atoms with Crippen molar-refractivity contribution in [3.05, 3.63) is 28.8 Å². The van der Waals surface area contributed by atoms with Crippen molar-refractivity contribution in [2.24, 2.45) is 0 Å². The number of phenols is 1. The van der Waals surface area contributed by atoms with Gasteiger partial charge in [-0.1, -0.05) is 11.6 Å². The highest BCUT2D eigenvalue weighted by molar-refractivity contribution is 6.31. The molecule has 0 unspecified atom stereocenters. The van der Waals surface area contributed by atoms with Crippen molar-refractivity contribution in [1.82, 2.24) is 4.90 Å². The number of likely N-dealkylation sites (tertiary alicyclic amines) is 1. The van der Waals surface area contributed by atoms with Gasteiger partial charge in [0.2, 0.25) is 0 Å². The predicted molar refractivity (Wildman–Crippen MR) is 55.0 cm³/mol. The number of hydrogen-bond donors (Lipinski definition) is 2. The van der Waals surface area contributed by atoms with Gasteiger partial charge in [-0.15, -0.1) is 0 Å². The van der Waals surface area contributed by atoms with Crippen molar-refractivity contribution in [3.63, 3.8) is 0 Å². The molecular weight excluding hydrogens is 218 g/mol. The molecule has 4 nitrogen and oxygen atoms in total. The summed E-state index contributed by atoms with van der Waals surface area (Å²) in [5.41, 5.74) is 0.175. The van der Waals surface area contributed by atoms with Crippen LogP contribution in [-0.4, -0.2) is 40.2 Å². The average molecular weight is 228 g/mol. The maximum absolute atomic E-state index is 11.7. The van der Waals surface area contributed by atoms with E-state index in [4.69, 9.17) is 16.7 Å². The molecule has 0 aromatic heterocycles. The van der Waals surface area contributed by atoms with Crippen LogP contribution in [-0.2, 0) is 0 Å². The maximum atomic E-state index is 11.7. The lowest BCUT2D eigenvalue weighted by molar-refractivity contribution is 0.00571. The third-order valence-corrected chi connectivity index (χ3v) is 2.57. The zero-order valence-corrected chi connectivity index (χ0v) is 8.61. The number of amides is 1. The SMILES string of the molecule is O=C(c1cc(Cl)ccc1O)N1CC(O)C1. The summed E-state index contributed by atoms with van der Waals surface area (Å²) in [7, 11) is 0. The topological polar surface area (TPSA) is 60.8 Å². The van der Waals surface area contributed by atoms with Gasteiger partial charge in [0.15, 0.2) is 0 Å². The number of rotatable bonds is 1. The molecule has 0 spiro atoms. The van der Waals surface area contributed by atoms with E-state index in [0.717, 1.165) is 0 Å². The van der Waals surface area contributed by atoms with Gasteiger partial charge >= 0.3 is 0 Å². The van der Waals surface area contributed by atoms with Crippen LogP contribution in [0.15, 0.2) is 18.2 Å². The molecule has 1 aromatic carbocycles. The Bertz CT molecular complexity index is 402. The Morgan fingerprint density at radius 3 is 2.73 bits per heavy atom. The fraction of sp³-hybridized carbons (Fsp3) is 0.300. The second-order valence-corrected chi connectivity index (χ2v) is 3.96. The lowest BCUT2D eigenvalue weighted by Gasteiger charge is -2.35. The summed E-state index contributed by atoms with van der Waals surface area (Å²) in [6, 6.07) is 4.31. The van der Waals surface area contributed by atoms with Crippen molar-refractivity contribution >= 4 is 17.5 Å². The first-order valence-electron chi connectivity index (χ1n) is 4.54. The van der Waals surface area contributed by atoms with Crippen molar-refractivity contribution in [3.8, 4) is 5.75 Å². The molecule has 0 saturated carbocycles. The lowest BCUT2D eigenvalue weighted by atomic mass is 10.1. The minimum atomic E-state index is -0.449. The molecule has 1 amide bonds. The van der Waals surface area contributed by atoms with E-state index in [1.165, 1.54) is 23.1 Å². The highest BCUT2D eigenvalue weighted by Crippen LogP contribution is 2.24. The van der Waals surface area contributed by atoms with Gasteiger partial charge in [0.05, 0.1) is 11.7 Å². The van der Waals surface area contributed by atoms with Gasteiger partial charge in [0.25, 0.3) is 5.91 Å². The van der Waals surface area contributed by atoms with Crippen molar-refractivity contribution in [1.29, 1.82) is 0 Å². The second-order valence-electron chi connectivity index (χ2n) is 3.53. The zero-order chi connectivity index (χ0) is 11.0. The first-order chi connectivity index (χ1) is 7.08. The molecule has 1 saturated heterocycles. The molecule has 1 aliphatic rings. The molecule has 1 aliphatic heterocycles. The summed E-state index contributed by atoms with van der Waals surface area (Å²) in [5.74, 6) is -0.397. The van der Waals surface area contributed by atoms with Gasteiger partial charge in [0.1, 0.15) is 5.75 Å². The lowest BCUT2D eigenvalue weighted by Crippen LogP contribution is -2.53. The molecule has 15 heavy (non-hydrogen) atoms. The Kier molecular flexibility index (Phi) is 2.54. The van der Waals surface area contributed by atoms with Crippen LogP contribution >= 0.6 is 11.6 Å². The van der Waals surface area contributed by atoms with Crippen LogP contribution in [0.4, 0.5) is 0 Å². The first-order valence-corrected chi connectivity index (χ1v) is 4.91. The molecule has 0 atom stereocenters. The highest BCUT2D eigenvalue weighted by Gasteiger charge is 2.30. The predicted octanol–water partition coefficient (Wildman–Crippen LogP) is 0.862. The van der Waals surface area contributed by atoms with Gasteiger partial charge in [0, 0.05) is 18.1 Å². The molecule has 2 N–H and O–H groups in total. The van der Waals surface area contributed by atoms with Gasteiger partial charge in [-0.3, -0.25) is 4.79 Å². The van der Waals surface area contributed by atoms with Crippen LogP contribution in [0.3, 0.4) is 0 Å². The van der Waals surface area contributed by atoms with Crippen molar-refractivity contribution < 1.29 is 15.0 Å². The Morgan fingerprint density at radius 1 is 1.47 bits per heavy atom. The number of β-amino-alcohol motifs (C(OH)–C–C–N with tert-alkyl or cyclic N) is 1. The highest BCUT2D eigenvalue weighted by atomic mass is 35.5. The molecule has 2 rings (SSSR count). The van der Waals surface area contributed by atoms with E-state index < -0.39 is 6.10 Å². The largest absolute Gasteiger partial charge is 0.507 e. The van der Waals surface area contributed by atoms with E-state index in [-0.39, 0.29) is 17.2 Å². The molecule has 1 fully saturated rings. The smallest absolute Gasteiger partial charge is 0.257 e. The van der Waals surface area contributed by atoms with Gasteiger partial charge in [-0.05, 0) is 18.2 Å². The third-order valence-electron chi connectivity index (χ3n) is 2.34. The molecule has 0 radical (unpaired) electrons. The standard InChI is InChI=1S/C10H10ClNO3/c11-6-1-2-9(14)8(3-6)10(15)12-4-7(13)5-12/h1-3,7,13-14H,4-5H2. The number of phenolic OH excluding ortho intramolecular Hbond substituents is 1. The minimum absolute atomic E-state index is 0.0919. The monoisotopic (exact) mass is 227 g/mol. The summed E-state index contributed by atoms with van der Waals surface area (Å²) in [5, 5.41) is 18.9. The molecule has 0 bridgehead atoms. The Morgan fingerprint density at radius 2 is 2.13 bits per heavy atom. The average Bonchev–Trinajstić information content (AvgIpc) is 2.16. The van der Waals surface area contributed by atoms with E-state index in [9.17, 15) is 9.90 Å². The summed E-state index contributed by atoms with van der Waals surface area (Å²) in [4.78, 5) is 13.2. The number of aliphatic hydroxyl groups is 1. The number of carbonyl (C=O) groups is 1. The number of benzene rings is 1. The molecule has 80 valence electrons. The van der Waals surface area contributed by atoms with Crippen molar-refractivity contribution in [2.45, 2.75) is 6.10 Å². The van der Waals surface area contributed by atoms with Crippen LogP contribution in [0.1, 0.15) is 10.4 Å². The molecule has 0 aliphatic carbocycles. The first kappa shape index (κ1) is 10.3. The number of nitrogens with zero attached hydrogens (tertiary/aromatic N) is 1. The van der Waals surface area contributed by atoms with Crippen LogP contribution in [0.5, 0.6) is 5.75 Å². The molecule has 1 aromatic rings. The Labute approximate surface area is 91.7 Å². The van der Waals surface area contributed by atoms with Crippen LogP contribution in [0, 0.1) is 0 Å². The summed E-state index contributed by atoms with van der Waals surface area (Å²) < 4.78 is 0. The number of hydrogen-bond acceptors (Lipinski definition) is 3. The van der Waals surface area contributed by atoms with Crippen LogP contribution in [0.25, 0.3) is 0 Å². The maximum Gasteiger partial charge on any atom is 0.257 e. The van der Waals surface area contributed by atoms with Crippen molar-refractivity contribution in [2.75, 3.05) is 13.1 Å². The normalized spacial score (nSPS) is 16.3. The molecule has 1 heterocycles. The van der Waals surface area contributed by atoms with Gasteiger partial charge in [-0.2, -0.15) is 0 Å². The third kappa shape index (κ3) is 1.91. The van der Waals surface area contributed by atoms with E-state index in [1.54, 1.807) is 0 Å². The van der Waals surface area contributed by atoms with E-state index in [1.807, 2.05) is 0 Å². The van der Waals surface area contributed by atoms with Crippen LogP contribution in [0.2, 0.25) is 5.02 Å². The van der Waals surface area contributed by atoms with E-state index in [0.29, 0.717) is 18.1 Å². The second kappa shape index (κ2) is 3.72.